The van der Waals surface area contributed by atoms with E-state index in [1.807, 2.05) is 48.5 Å². The molecule has 0 bridgehead atoms. The number of nitrogens with zero attached hydrogens (tertiary/aromatic N) is 2. The summed E-state index contributed by atoms with van der Waals surface area (Å²) in [5.41, 5.74) is 1.81. The highest BCUT2D eigenvalue weighted by molar-refractivity contribution is 5.68. The summed E-state index contributed by atoms with van der Waals surface area (Å²) < 4.78 is 19.3. The minimum absolute atomic E-state index is 0.308. The molecular weight excluding hydrogens is 393 g/mol. The summed E-state index contributed by atoms with van der Waals surface area (Å²) >= 11 is 0. The van der Waals surface area contributed by atoms with Gasteiger partial charge < -0.3 is 10.1 Å². The molecule has 0 radical (unpaired) electrons. The Morgan fingerprint density at radius 2 is 1.71 bits per heavy atom. The second-order valence-corrected chi connectivity index (χ2v) is 7.97. The van der Waals surface area contributed by atoms with Crippen LogP contribution in [0.25, 0.3) is 11.3 Å². The highest BCUT2D eigenvalue weighted by atomic mass is 19.1. The Labute approximate surface area is 187 Å². The lowest BCUT2D eigenvalue weighted by Gasteiger charge is -2.24. The molecule has 0 saturated carbocycles. The van der Waals surface area contributed by atoms with Crippen molar-refractivity contribution in [2.45, 2.75) is 93.2 Å². The van der Waals surface area contributed by atoms with Gasteiger partial charge in [-0.3, -0.25) is 0 Å². The third kappa shape index (κ3) is 10.4. The van der Waals surface area contributed by atoms with Crippen molar-refractivity contribution in [3.8, 4) is 11.3 Å². The van der Waals surface area contributed by atoms with Crippen LogP contribution in [0.3, 0.4) is 0 Å². The Hall–Kier alpha value is -2.50. The van der Waals surface area contributed by atoms with E-state index in [4.69, 9.17) is 4.74 Å². The van der Waals surface area contributed by atoms with E-state index in [1.54, 1.807) is 24.3 Å². The number of halogens is 1. The van der Waals surface area contributed by atoms with Crippen molar-refractivity contribution in [1.82, 2.24) is 15.5 Å². The zero-order chi connectivity index (χ0) is 24.0. The number of alkyl carbamates (subject to hydrolysis) is 1. The summed E-state index contributed by atoms with van der Waals surface area (Å²) in [5, 5.41) is 11.3. The van der Waals surface area contributed by atoms with Crippen molar-refractivity contribution in [2.24, 2.45) is 0 Å². The lowest BCUT2D eigenvalue weighted by atomic mass is 10.0. The smallest absolute Gasteiger partial charge is 0.408 e. The lowest BCUT2D eigenvalue weighted by Crippen LogP contribution is -2.35. The number of rotatable bonds is 5. The number of benzene rings is 1. The van der Waals surface area contributed by atoms with Crippen LogP contribution in [0.15, 0.2) is 30.3 Å². The molecule has 1 amide bonds. The third-order valence-corrected chi connectivity index (χ3v) is 3.77. The first-order valence-corrected chi connectivity index (χ1v) is 11.2. The predicted octanol–water partition coefficient (Wildman–Crippen LogP) is 7.40. The van der Waals surface area contributed by atoms with E-state index >= 15 is 0 Å². The molecule has 1 N–H and O–H groups in total. The molecule has 0 aliphatic carbocycles. The number of amides is 1. The number of hydrogen-bond acceptors (Lipinski definition) is 4. The van der Waals surface area contributed by atoms with E-state index in [0.717, 1.165) is 12.0 Å². The zero-order valence-corrected chi connectivity index (χ0v) is 20.7. The number of carbonyl (C=O) groups excluding carboxylic acids is 1. The van der Waals surface area contributed by atoms with Crippen LogP contribution >= 0.6 is 0 Å². The van der Waals surface area contributed by atoms with Gasteiger partial charge in [0, 0.05) is 5.56 Å². The number of aromatic nitrogens is 2. The summed E-state index contributed by atoms with van der Waals surface area (Å²) in [5.74, 6) is -0.342. The van der Waals surface area contributed by atoms with E-state index in [-0.39, 0.29) is 11.9 Å². The Morgan fingerprint density at radius 1 is 1.13 bits per heavy atom. The predicted molar refractivity (Wildman–Crippen MR) is 126 cm³/mol. The van der Waals surface area contributed by atoms with Crippen molar-refractivity contribution < 1.29 is 13.9 Å². The fourth-order valence-electron chi connectivity index (χ4n) is 2.66. The maximum Gasteiger partial charge on any atom is 0.408 e. The molecule has 6 heteroatoms. The molecule has 1 atom stereocenters. The summed E-state index contributed by atoms with van der Waals surface area (Å²) in [4.78, 5) is 12.1. The van der Waals surface area contributed by atoms with Gasteiger partial charge in [-0.1, -0.05) is 59.6 Å². The van der Waals surface area contributed by atoms with Crippen LogP contribution < -0.4 is 5.32 Å². The van der Waals surface area contributed by atoms with Gasteiger partial charge in [0.15, 0.2) is 0 Å². The highest BCUT2D eigenvalue weighted by Gasteiger charge is 2.23. The fourth-order valence-corrected chi connectivity index (χ4v) is 2.66. The van der Waals surface area contributed by atoms with Gasteiger partial charge in [-0.05, 0) is 57.9 Å². The minimum Gasteiger partial charge on any atom is -0.444 e. The van der Waals surface area contributed by atoms with Gasteiger partial charge in [0.1, 0.15) is 11.4 Å². The van der Waals surface area contributed by atoms with E-state index in [1.165, 1.54) is 12.5 Å². The van der Waals surface area contributed by atoms with Crippen molar-refractivity contribution in [3.05, 3.63) is 47.4 Å². The Balaban J connectivity index is 0.00000165. The molecule has 0 spiro atoms. The van der Waals surface area contributed by atoms with Crippen LogP contribution in [0.1, 0.15) is 92.0 Å². The minimum atomic E-state index is -0.573. The second kappa shape index (κ2) is 14.5. The summed E-state index contributed by atoms with van der Waals surface area (Å²) in [6.07, 6.45) is 2.32. The van der Waals surface area contributed by atoms with Crippen LogP contribution in [0.4, 0.5) is 9.18 Å². The van der Waals surface area contributed by atoms with Gasteiger partial charge >= 0.3 is 6.09 Å². The number of aryl methyl sites for hydroxylation is 1. The summed E-state index contributed by atoms with van der Waals surface area (Å²) in [6.45, 7) is 17.6. The average molecular weight is 434 g/mol. The molecule has 1 aromatic carbocycles. The number of hydrogen-bond donors (Lipinski definition) is 1. The quantitative estimate of drug-likeness (QED) is 0.533. The van der Waals surface area contributed by atoms with Gasteiger partial charge in [0.25, 0.3) is 0 Å². The summed E-state index contributed by atoms with van der Waals surface area (Å²) in [6, 6.07) is 7.94. The fraction of sp³-hybridized carbons (Fsp3) is 0.560. The van der Waals surface area contributed by atoms with Gasteiger partial charge in [-0.25, -0.2) is 9.18 Å². The second-order valence-electron chi connectivity index (χ2n) is 7.97. The molecule has 1 unspecified atom stereocenters. The van der Waals surface area contributed by atoms with Gasteiger partial charge in [0.2, 0.25) is 0 Å². The molecule has 0 aliphatic rings. The maximum absolute atomic E-state index is 14.0. The molecule has 1 heterocycles. The van der Waals surface area contributed by atoms with E-state index in [9.17, 15) is 9.18 Å². The molecule has 2 rings (SSSR count). The number of carbonyl (C=O) groups is 1. The van der Waals surface area contributed by atoms with Crippen LogP contribution in [-0.2, 0) is 4.74 Å². The van der Waals surface area contributed by atoms with Gasteiger partial charge in [0.05, 0.1) is 17.4 Å². The lowest BCUT2D eigenvalue weighted by molar-refractivity contribution is 0.0499. The summed E-state index contributed by atoms with van der Waals surface area (Å²) in [7, 11) is 0. The standard InChI is InChI=1S/C20H26FN3O2.C3H8.C2H6/c1-6-9-16(22-19(25)26-20(3,4)5)18-13(2)12-17(23-24-18)14-10-7-8-11-15(14)21;1-3-2;1-2/h7-8,10-12,16H,6,9H2,1-5H3,(H,22,25);3H2,1-2H3;1-2H3. The molecule has 2 aromatic rings. The van der Waals surface area contributed by atoms with Crippen molar-refractivity contribution >= 4 is 6.09 Å². The molecule has 5 nitrogen and oxygen atoms in total. The molecule has 1 aromatic heterocycles. The van der Waals surface area contributed by atoms with Crippen LogP contribution in [0.2, 0.25) is 0 Å². The number of ether oxygens (including phenoxy) is 1. The normalized spacial score (nSPS) is 11.3. The van der Waals surface area contributed by atoms with Crippen molar-refractivity contribution in [1.29, 1.82) is 0 Å². The first-order chi connectivity index (χ1) is 14.6. The van der Waals surface area contributed by atoms with Crippen LogP contribution in [0, 0.1) is 12.7 Å². The van der Waals surface area contributed by atoms with Crippen LogP contribution in [0.5, 0.6) is 0 Å². The van der Waals surface area contributed by atoms with Gasteiger partial charge in [-0.15, -0.1) is 0 Å². The Morgan fingerprint density at radius 3 is 2.19 bits per heavy atom. The van der Waals surface area contributed by atoms with E-state index in [2.05, 4.69) is 29.4 Å². The van der Waals surface area contributed by atoms with E-state index < -0.39 is 11.7 Å². The van der Waals surface area contributed by atoms with E-state index in [0.29, 0.717) is 23.4 Å². The van der Waals surface area contributed by atoms with Crippen molar-refractivity contribution in [2.75, 3.05) is 0 Å². The average Bonchev–Trinajstić information content (AvgIpc) is 2.69. The molecule has 0 fully saturated rings. The topological polar surface area (TPSA) is 64.1 Å². The third-order valence-electron chi connectivity index (χ3n) is 3.77. The molecule has 174 valence electrons. The number of nitrogens with one attached hydrogen (secondary N) is 1. The Kier molecular flexibility index (Phi) is 13.3. The molecular formula is C25H40FN3O2. The van der Waals surface area contributed by atoms with Crippen LogP contribution in [-0.4, -0.2) is 21.9 Å². The maximum atomic E-state index is 14.0. The molecule has 31 heavy (non-hydrogen) atoms. The first-order valence-electron chi connectivity index (χ1n) is 11.2. The Bertz CT molecular complexity index is 789. The molecule has 0 saturated heterocycles. The SMILES string of the molecule is CC.CCC.CCCC(NC(=O)OC(C)(C)C)c1nnc(-c2ccccc2F)cc1C. The van der Waals surface area contributed by atoms with Crippen molar-refractivity contribution in [3.63, 3.8) is 0 Å². The zero-order valence-electron chi connectivity index (χ0n) is 20.7. The van der Waals surface area contributed by atoms with Gasteiger partial charge in [-0.2, -0.15) is 10.2 Å². The molecule has 0 aliphatic heterocycles. The monoisotopic (exact) mass is 433 g/mol. The first kappa shape index (κ1) is 28.5. The highest BCUT2D eigenvalue weighted by Crippen LogP contribution is 2.25. The largest absolute Gasteiger partial charge is 0.444 e.